The fourth-order valence-electron chi connectivity index (χ4n) is 2.77. The van der Waals surface area contributed by atoms with Crippen molar-refractivity contribution < 1.29 is 14.3 Å². The second-order valence-corrected chi connectivity index (χ2v) is 5.70. The third-order valence-electron chi connectivity index (χ3n) is 3.67. The minimum Gasteiger partial charge on any atom is -0.493 e. The second kappa shape index (κ2) is 6.12. The summed E-state index contributed by atoms with van der Waals surface area (Å²) in [6, 6.07) is 3.76. The third kappa shape index (κ3) is 3.14. The second-order valence-electron chi connectivity index (χ2n) is 5.27. The molecule has 0 amide bonds. The van der Waals surface area contributed by atoms with Crippen molar-refractivity contribution in [2.24, 2.45) is 0 Å². The Bertz CT molecular complexity index is 512. The van der Waals surface area contributed by atoms with Gasteiger partial charge in [0.05, 0.1) is 19.3 Å². The highest BCUT2D eigenvalue weighted by Gasteiger charge is 2.22. The molecule has 108 valence electrons. The quantitative estimate of drug-likeness (QED) is 0.919. The molecular weight excluding hydrogens is 278 g/mol. The van der Waals surface area contributed by atoms with Crippen molar-refractivity contribution in [1.82, 2.24) is 5.32 Å². The smallest absolute Gasteiger partial charge is 0.140 e. The van der Waals surface area contributed by atoms with Crippen LogP contribution in [0.4, 0.5) is 0 Å². The molecule has 5 heteroatoms. The van der Waals surface area contributed by atoms with E-state index in [4.69, 9.17) is 21.1 Å². The van der Waals surface area contributed by atoms with Crippen LogP contribution in [0.25, 0.3) is 0 Å². The van der Waals surface area contributed by atoms with Crippen molar-refractivity contribution >= 4 is 17.4 Å². The minimum absolute atomic E-state index is 0.00981. The molecule has 2 aliphatic heterocycles. The highest BCUT2D eigenvalue weighted by molar-refractivity contribution is 6.30. The molecular formula is C15H18ClNO3. The summed E-state index contributed by atoms with van der Waals surface area (Å²) in [5.74, 6) is 1.02. The Hall–Kier alpha value is -1.10. The average molecular weight is 296 g/mol. The Morgan fingerprint density at radius 3 is 3.10 bits per heavy atom. The molecule has 1 fully saturated rings. The van der Waals surface area contributed by atoms with E-state index in [2.05, 4.69) is 5.32 Å². The van der Waals surface area contributed by atoms with E-state index in [-0.39, 0.29) is 11.9 Å². The van der Waals surface area contributed by atoms with Crippen LogP contribution >= 0.6 is 11.6 Å². The molecule has 1 N–H and O–H groups in total. The van der Waals surface area contributed by atoms with Crippen LogP contribution in [0.15, 0.2) is 12.1 Å². The summed E-state index contributed by atoms with van der Waals surface area (Å²) in [6.45, 7) is 2.95. The average Bonchev–Trinajstić information content (AvgIpc) is 2.88. The number of nitrogens with one attached hydrogen (secondary N) is 1. The number of Topliss-reactive ketones (excluding diaryl/α,β-unsaturated/α-hetero) is 1. The molecule has 2 heterocycles. The maximum Gasteiger partial charge on any atom is 0.140 e. The molecule has 0 saturated carbocycles. The molecule has 0 aromatic heterocycles. The van der Waals surface area contributed by atoms with Crippen LogP contribution in [0.2, 0.25) is 5.02 Å². The van der Waals surface area contributed by atoms with Gasteiger partial charge in [0.2, 0.25) is 0 Å². The summed E-state index contributed by atoms with van der Waals surface area (Å²) in [6.07, 6.45) is 1.66. The van der Waals surface area contributed by atoms with Gasteiger partial charge in [-0.25, -0.2) is 0 Å². The summed E-state index contributed by atoms with van der Waals surface area (Å²) in [5.41, 5.74) is 2.01. The van der Waals surface area contributed by atoms with E-state index in [1.165, 1.54) is 0 Å². The van der Waals surface area contributed by atoms with E-state index in [0.717, 1.165) is 36.4 Å². The SMILES string of the molecule is O=C(Cc1cc(Cl)cc2c1OCC2)CC1CNCCO1. The molecule has 20 heavy (non-hydrogen) atoms. The lowest BCUT2D eigenvalue weighted by molar-refractivity contribution is -0.121. The van der Waals surface area contributed by atoms with E-state index in [9.17, 15) is 4.79 Å². The molecule has 0 spiro atoms. The highest BCUT2D eigenvalue weighted by atomic mass is 35.5. The van der Waals surface area contributed by atoms with Crippen molar-refractivity contribution in [2.75, 3.05) is 26.3 Å². The van der Waals surface area contributed by atoms with Gasteiger partial charge in [0.25, 0.3) is 0 Å². The number of ketones is 1. The van der Waals surface area contributed by atoms with Gasteiger partial charge in [-0.05, 0) is 17.7 Å². The van der Waals surface area contributed by atoms with Crippen molar-refractivity contribution in [2.45, 2.75) is 25.4 Å². The van der Waals surface area contributed by atoms with E-state index >= 15 is 0 Å². The molecule has 3 rings (SSSR count). The number of carbonyl (C=O) groups is 1. The first-order chi connectivity index (χ1) is 9.72. The van der Waals surface area contributed by atoms with Crippen molar-refractivity contribution in [3.63, 3.8) is 0 Å². The van der Waals surface area contributed by atoms with Gasteiger partial charge in [-0.1, -0.05) is 11.6 Å². The number of hydrogen-bond donors (Lipinski definition) is 1. The number of rotatable bonds is 4. The molecule has 1 saturated heterocycles. The predicted molar refractivity (Wildman–Crippen MR) is 76.6 cm³/mol. The fraction of sp³-hybridized carbons (Fsp3) is 0.533. The van der Waals surface area contributed by atoms with Gasteiger partial charge in [-0.3, -0.25) is 4.79 Å². The minimum atomic E-state index is -0.00981. The first-order valence-corrected chi connectivity index (χ1v) is 7.38. The zero-order valence-corrected chi connectivity index (χ0v) is 12.0. The van der Waals surface area contributed by atoms with E-state index < -0.39 is 0 Å². The number of carbonyl (C=O) groups excluding carboxylic acids is 1. The van der Waals surface area contributed by atoms with Gasteiger partial charge in [-0.2, -0.15) is 0 Å². The predicted octanol–water partition coefficient (Wildman–Crippen LogP) is 1.76. The molecule has 0 aliphatic carbocycles. The zero-order valence-electron chi connectivity index (χ0n) is 11.3. The molecule has 1 aromatic carbocycles. The van der Waals surface area contributed by atoms with Gasteiger partial charge in [0.15, 0.2) is 0 Å². The molecule has 4 nitrogen and oxygen atoms in total. The normalized spacial score (nSPS) is 21.4. The third-order valence-corrected chi connectivity index (χ3v) is 3.89. The van der Waals surface area contributed by atoms with Crippen LogP contribution in [0.3, 0.4) is 0 Å². The molecule has 1 atom stereocenters. The Morgan fingerprint density at radius 1 is 1.40 bits per heavy atom. The van der Waals surface area contributed by atoms with Crippen LogP contribution in [0.5, 0.6) is 5.75 Å². The lowest BCUT2D eigenvalue weighted by Crippen LogP contribution is -2.39. The number of halogens is 1. The van der Waals surface area contributed by atoms with Crippen LogP contribution in [-0.4, -0.2) is 38.2 Å². The molecule has 1 unspecified atom stereocenters. The number of morpholine rings is 1. The highest BCUT2D eigenvalue weighted by Crippen LogP contribution is 2.33. The summed E-state index contributed by atoms with van der Waals surface area (Å²) in [5, 5.41) is 3.91. The summed E-state index contributed by atoms with van der Waals surface area (Å²) < 4.78 is 11.2. The maximum absolute atomic E-state index is 12.2. The topological polar surface area (TPSA) is 47.6 Å². The lowest BCUT2D eigenvalue weighted by Gasteiger charge is -2.23. The number of hydrogen-bond acceptors (Lipinski definition) is 4. The molecule has 0 radical (unpaired) electrons. The largest absolute Gasteiger partial charge is 0.493 e. The van der Waals surface area contributed by atoms with Gasteiger partial charge in [0, 0.05) is 42.9 Å². The van der Waals surface area contributed by atoms with Crippen LogP contribution < -0.4 is 10.1 Å². The number of ether oxygens (including phenoxy) is 2. The van der Waals surface area contributed by atoms with Crippen LogP contribution in [0.1, 0.15) is 17.5 Å². The molecule has 2 aliphatic rings. The Morgan fingerprint density at radius 2 is 2.30 bits per heavy atom. The van der Waals surface area contributed by atoms with Crippen molar-refractivity contribution in [3.05, 3.63) is 28.3 Å². The number of fused-ring (bicyclic) bond motifs is 1. The molecule has 1 aromatic rings. The van der Waals surface area contributed by atoms with Gasteiger partial charge < -0.3 is 14.8 Å². The first-order valence-electron chi connectivity index (χ1n) is 7.00. The lowest BCUT2D eigenvalue weighted by atomic mass is 10.0. The Kier molecular flexibility index (Phi) is 4.24. The number of benzene rings is 1. The van der Waals surface area contributed by atoms with Crippen LogP contribution in [-0.2, 0) is 22.4 Å². The molecule has 0 bridgehead atoms. The summed E-state index contributed by atoms with van der Waals surface area (Å²) in [7, 11) is 0. The maximum atomic E-state index is 12.2. The monoisotopic (exact) mass is 295 g/mol. The van der Waals surface area contributed by atoms with Gasteiger partial charge in [-0.15, -0.1) is 0 Å². The van der Waals surface area contributed by atoms with Crippen molar-refractivity contribution in [1.29, 1.82) is 0 Å². The summed E-state index contributed by atoms with van der Waals surface area (Å²) >= 11 is 6.10. The van der Waals surface area contributed by atoms with E-state index in [0.29, 0.717) is 31.1 Å². The van der Waals surface area contributed by atoms with E-state index in [1.807, 2.05) is 12.1 Å². The summed E-state index contributed by atoms with van der Waals surface area (Å²) in [4.78, 5) is 12.2. The first kappa shape index (κ1) is 13.9. The van der Waals surface area contributed by atoms with Crippen LogP contribution in [0, 0.1) is 0 Å². The fourth-order valence-corrected chi connectivity index (χ4v) is 3.03. The van der Waals surface area contributed by atoms with E-state index in [1.54, 1.807) is 0 Å². The Labute approximate surface area is 123 Å². The van der Waals surface area contributed by atoms with Crippen molar-refractivity contribution in [3.8, 4) is 5.75 Å². The van der Waals surface area contributed by atoms with Gasteiger partial charge in [0.1, 0.15) is 11.5 Å². The zero-order chi connectivity index (χ0) is 13.9. The Balaban J connectivity index is 1.66. The van der Waals surface area contributed by atoms with Gasteiger partial charge >= 0.3 is 0 Å². The standard InChI is InChI=1S/C15H18ClNO3/c16-12-5-10-1-3-20-15(10)11(6-12)7-13(18)8-14-9-17-2-4-19-14/h5-6,14,17H,1-4,7-9H2.